The van der Waals surface area contributed by atoms with E-state index < -0.39 is 10.0 Å². The first-order valence-corrected chi connectivity index (χ1v) is 7.10. The Kier molecular flexibility index (Phi) is 4.12. The van der Waals surface area contributed by atoms with Gasteiger partial charge in [-0.05, 0) is 25.5 Å². The van der Waals surface area contributed by atoms with Crippen LogP contribution in [-0.4, -0.2) is 14.7 Å². The number of anilines is 1. The number of hydrogen-bond acceptors (Lipinski definition) is 2. The van der Waals surface area contributed by atoms with Crippen molar-refractivity contribution in [1.29, 1.82) is 0 Å². The molecule has 1 aromatic rings. The zero-order valence-electron chi connectivity index (χ0n) is 10.3. The second-order valence-electron chi connectivity index (χ2n) is 3.84. The normalized spacial score (nSPS) is 11.7. The molecule has 17 heavy (non-hydrogen) atoms. The second kappa shape index (κ2) is 5.19. The van der Waals surface area contributed by atoms with Crippen LogP contribution in [0, 0.1) is 0 Å². The van der Waals surface area contributed by atoms with E-state index in [1.165, 1.54) is 16.8 Å². The summed E-state index contributed by atoms with van der Waals surface area (Å²) in [4.78, 5) is 0. The molecule has 0 fully saturated rings. The molecule has 0 aliphatic heterocycles. The molecule has 0 aliphatic carbocycles. The lowest BCUT2D eigenvalue weighted by Gasteiger charge is -2.21. The average molecular weight is 251 g/mol. The van der Waals surface area contributed by atoms with E-state index in [0.717, 1.165) is 11.1 Å². The molecule has 0 bridgehead atoms. The summed E-state index contributed by atoms with van der Waals surface area (Å²) in [5.74, 6) is 0. The van der Waals surface area contributed by atoms with Gasteiger partial charge in [-0.15, -0.1) is 0 Å². The summed E-state index contributed by atoms with van der Waals surface area (Å²) in [5.41, 5.74) is 2.29. The highest BCUT2D eigenvalue weighted by Crippen LogP contribution is 2.27. The Morgan fingerprint density at radius 3 is 2.41 bits per heavy atom. The van der Waals surface area contributed by atoms with Crippen molar-refractivity contribution in [2.75, 3.05) is 10.6 Å². The Morgan fingerprint density at radius 2 is 1.94 bits per heavy atom. The minimum Gasteiger partial charge on any atom is -0.246 e. The summed E-state index contributed by atoms with van der Waals surface area (Å²) in [5, 5.41) is 0. The molecule has 0 aliphatic rings. The first kappa shape index (κ1) is 13.5. The van der Waals surface area contributed by atoms with Gasteiger partial charge < -0.3 is 0 Å². The van der Waals surface area contributed by atoms with E-state index in [1.807, 2.05) is 25.1 Å². The van der Waals surface area contributed by atoms with Crippen molar-refractivity contribution in [3.63, 3.8) is 0 Å². The van der Waals surface area contributed by atoms with E-state index in [0.29, 0.717) is 5.69 Å². The third kappa shape index (κ3) is 3.20. The summed E-state index contributed by atoms with van der Waals surface area (Å²) < 4.78 is 24.7. The Morgan fingerprint density at radius 1 is 1.35 bits per heavy atom. The Labute approximate surface area is 103 Å². The van der Waals surface area contributed by atoms with Crippen LogP contribution in [0.25, 0.3) is 5.57 Å². The highest BCUT2D eigenvalue weighted by atomic mass is 32.2. The summed E-state index contributed by atoms with van der Waals surface area (Å²) in [6.07, 6.45) is 4.41. The predicted octanol–water partition coefficient (Wildman–Crippen LogP) is 3.02. The number of benzene rings is 1. The van der Waals surface area contributed by atoms with Crippen molar-refractivity contribution in [3.8, 4) is 0 Å². The maximum absolute atomic E-state index is 11.7. The number of sulfonamides is 1. The third-order valence-corrected chi connectivity index (χ3v) is 3.28. The van der Waals surface area contributed by atoms with E-state index >= 15 is 0 Å². The van der Waals surface area contributed by atoms with Crippen molar-refractivity contribution in [1.82, 2.24) is 0 Å². The minimum atomic E-state index is -3.33. The lowest BCUT2D eigenvalue weighted by molar-refractivity contribution is 0.601. The fourth-order valence-corrected chi connectivity index (χ4v) is 2.39. The van der Waals surface area contributed by atoms with Crippen LogP contribution in [0.3, 0.4) is 0 Å². The van der Waals surface area contributed by atoms with E-state index in [9.17, 15) is 8.42 Å². The number of nitrogens with zero attached hydrogens (tertiary/aromatic N) is 1. The molecule has 0 spiro atoms. The molecule has 0 unspecified atom stereocenters. The summed E-state index contributed by atoms with van der Waals surface area (Å²) in [6, 6.07) is 7.30. The Hall–Kier alpha value is -1.55. The molecule has 1 aromatic carbocycles. The second-order valence-corrected chi connectivity index (χ2v) is 5.70. The van der Waals surface area contributed by atoms with Crippen LogP contribution in [0.15, 0.2) is 43.1 Å². The number of allylic oxidation sites excluding steroid dienone is 2. The lowest BCUT2D eigenvalue weighted by atomic mass is 10.1. The van der Waals surface area contributed by atoms with E-state index in [4.69, 9.17) is 0 Å². The van der Waals surface area contributed by atoms with E-state index in [-0.39, 0.29) is 0 Å². The van der Waals surface area contributed by atoms with Crippen LogP contribution in [0.4, 0.5) is 5.69 Å². The molecule has 92 valence electrons. The Bertz CT molecular complexity index is 544. The topological polar surface area (TPSA) is 37.4 Å². The van der Waals surface area contributed by atoms with Gasteiger partial charge in [-0.3, -0.25) is 0 Å². The third-order valence-electron chi connectivity index (χ3n) is 2.24. The van der Waals surface area contributed by atoms with Gasteiger partial charge in [-0.1, -0.05) is 30.9 Å². The fourth-order valence-electron chi connectivity index (χ4n) is 1.53. The molecule has 4 heteroatoms. The van der Waals surface area contributed by atoms with Gasteiger partial charge in [-0.2, -0.15) is 0 Å². The maximum Gasteiger partial charge on any atom is 0.236 e. The molecular formula is C13H17NO2S. The zero-order valence-corrected chi connectivity index (χ0v) is 11.2. The fraction of sp³-hybridized carbons (Fsp3) is 0.231. The van der Waals surface area contributed by atoms with Crippen molar-refractivity contribution in [2.45, 2.75) is 13.8 Å². The SMILES string of the molecule is C=C(C)c1ccccc1N(/C=C/C)S(C)(=O)=O. The van der Waals surface area contributed by atoms with Crippen molar-refractivity contribution >= 4 is 21.3 Å². The molecule has 0 radical (unpaired) electrons. The van der Waals surface area contributed by atoms with Crippen LogP contribution in [0.5, 0.6) is 0 Å². The number of rotatable bonds is 4. The predicted molar refractivity (Wildman–Crippen MR) is 73.3 cm³/mol. The zero-order chi connectivity index (χ0) is 13.1. The summed E-state index contributed by atoms with van der Waals surface area (Å²) in [6.45, 7) is 7.50. The highest BCUT2D eigenvalue weighted by Gasteiger charge is 2.17. The van der Waals surface area contributed by atoms with Crippen LogP contribution >= 0.6 is 0 Å². The molecule has 0 aromatic heterocycles. The number of para-hydroxylation sites is 1. The largest absolute Gasteiger partial charge is 0.246 e. The molecule has 0 heterocycles. The molecule has 0 saturated heterocycles. The van der Waals surface area contributed by atoms with Gasteiger partial charge in [0.05, 0.1) is 11.9 Å². The van der Waals surface area contributed by atoms with Crippen molar-refractivity contribution < 1.29 is 8.42 Å². The van der Waals surface area contributed by atoms with Crippen LogP contribution in [0.1, 0.15) is 19.4 Å². The summed E-state index contributed by atoms with van der Waals surface area (Å²) in [7, 11) is -3.33. The molecule has 1 rings (SSSR count). The molecule has 0 N–H and O–H groups in total. The van der Waals surface area contributed by atoms with Gasteiger partial charge in [0, 0.05) is 11.8 Å². The van der Waals surface area contributed by atoms with Crippen LogP contribution in [0.2, 0.25) is 0 Å². The first-order chi connectivity index (χ1) is 7.88. The monoisotopic (exact) mass is 251 g/mol. The molecule has 0 amide bonds. The van der Waals surface area contributed by atoms with Gasteiger partial charge in [0.1, 0.15) is 0 Å². The van der Waals surface area contributed by atoms with Gasteiger partial charge in [0.2, 0.25) is 10.0 Å². The number of hydrogen-bond donors (Lipinski definition) is 0. The average Bonchev–Trinajstić information content (AvgIpc) is 2.24. The molecule has 0 atom stereocenters. The van der Waals surface area contributed by atoms with Crippen molar-refractivity contribution in [2.24, 2.45) is 0 Å². The highest BCUT2D eigenvalue weighted by molar-refractivity contribution is 7.92. The van der Waals surface area contributed by atoms with Crippen LogP contribution in [-0.2, 0) is 10.0 Å². The lowest BCUT2D eigenvalue weighted by Crippen LogP contribution is -2.24. The van der Waals surface area contributed by atoms with E-state index in [1.54, 1.807) is 19.1 Å². The van der Waals surface area contributed by atoms with Gasteiger partial charge in [0.15, 0.2) is 0 Å². The minimum absolute atomic E-state index is 0.626. The molecular weight excluding hydrogens is 234 g/mol. The standard InChI is InChI=1S/C13H17NO2S/c1-5-10-14(17(4,15)16)13-9-7-6-8-12(13)11(2)3/h5-10H,2H2,1,3-4H3/b10-5+. The summed E-state index contributed by atoms with van der Waals surface area (Å²) >= 11 is 0. The quantitative estimate of drug-likeness (QED) is 0.825. The van der Waals surface area contributed by atoms with Crippen LogP contribution < -0.4 is 4.31 Å². The van der Waals surface area contributed by atoms with E-state index in [2.05, 4.69) is 6.58 Å². The van der Waals surface area contributed by atoms with Gasteiger partial charge in [-0.25, -0.2) is 12.7 Å². The Balaban J connectivity index is 3.44. The smallest absolute Gasteiger partial charge is 0.236 e. The molecule has 3 nitrogen and oxygen atoms in total. The maximum atomic E-state index is 11.7. The first-order valence-electron chi connectivity index (χ1n) is 5.25. The molecule has 0 saturated carbocycles. The van der Waals surface area contributed by atoms with Gasteiger partial charge >= 0.3 is 0 Å². The van der Waals surface area contributed by atoms with Crippen molar-refractivity contribution in [3.05, 3.63) is 48.7 Å². The van der Waals surface area contributed by atoms with Gasteiger partial charge in [0.25, 0.3) is 0 Å².